The maximum absolute atomic E-state index is 13.2. The summed E-state index contributed by atoms with van der Waals surface area (Å²) in [4.78, 5) is 12.0. The van der Waals surface area contributed by atoms with Crippen LogP contribution >= 0.6 is 0 Å². The van der Waals surface area contributed by atoms with Gasteiger partial charge in [0.25, 0.3) is 0 Å². The number of ether oxygens (including phenoxy) is 1. The summed E-state index contributed by atoms with van der Waals surface area (Å²) in [6, 6.07) is -0.258. The number of halogens is 2. The molecular formula is C16H28F2N2O2. The van der Waals surface area contributed by atoms with E-state index in [0.717, 1.165) is 19.6 Å². The van der Waals surface area contributed by atoms with Crippen LogP contribution in [0.3, 0.4) is 0 Å². The topological polar surface area (TPSA) is 50.4 Å². The summed E-state index contributed by atoms with van der Waals surface area (Å²) in [7, 11) is 0. The van der Waals surface area contributed by atoms with E-state index >= 15 is 0 Å². The zero-order valence-electron chi connectivity index (χ0n) is 13.5. The summed E-state index contributed by atoms with van der Waals surface area (Å²) in [6.45, 7) is 6.19. The molecule has 0 aromatic carbocycles. The van der Waals surface area contributed by atoms with Crippen molar-refractivity contribution in [3.8, 4) is 0 Å². The Morgan fingerprint density at radius 3 is 2.64 bits per heavy atom. The van der Waals surface area contributed by atoms with Crippen LogP contribution in [0.5, 0.6) is 0 Å². The number of hydrogen-bond acceptors (Lipinski definition) is 2. The van der Waals surface area contributed by atoms with Crippen LogP contribution in [0.15, 0.2) is 0 Å². The number of rotatable bonds is 4. The monoisotopic (exact) mass is 318 g/mol. The Kier molecular flexibility index (Phi) is 6.01. The highest BCUT2D eigenvalue weighted by Gasteiger charge is 2.36. The van der Waals surface area contributed by atoms with Crippen molar-refractivity contribution in [2.45, 2.75) is 57.9 Å². The molecule has 1 heterocycles. The van der Waals surface area contributed by atoms with Crippen molar-refractivity contribution >= 4 is 6.03 Å². The van der Waals surface area contributed by atoms with Gasteiger partial charge < -0.3 is 15.4 Å². The lowest BCUT2D eigenvalue weighted by Gasteiger charge is -2.33. The maximum Gasteiger partial charge on any atom is 0.315 e. The van der Waals surface area contributed by atoms with Crippen LogP contribution in [-0.4, -0.2) is 37.8 Å². The Bertz CT molecular complexity index is 369. The molecule has 3 atom stereocenters. The molecule has 2 aliphatic rings. The van der Waals surface area contributed by atoms with Crippen LogP contribution in [0, 0.1) is 17.8 Å². The van der Waals surface area contributed by atoms with Crippen LogP contribution in [0.1, 0.15) is 46.0 Å². The molecular weight excluding hydrogens is 290 g/mol. The van der Waals surface area contributed by atoms with Crippen molar-refractivity contribution in [1.82, 2.24) is 10.6 Å². The number of hydrogen-bond donors (Lipinski definition) is 2. The maximum atomic E-state index is 13.2. The van der Waals surface area contributed by atoms with E-state index in [-0.39, 0.29) is 30.8 Å². The third-order valence-electron chi connectivity index (χ3n) is 5.17. The Morgan fingerprint density at radius 1 is 1.32 bits per heavy atom. The minimum atomic E-state index is -2.52. The predicted octanol–water partition coefficient (Wildman–Crippen LogP) is 3.17. The second-order valence-corrected chi connectivity index (χ2v) is 6.94. The molecule has 0 spiro atoms. The number of nitrogens with one attached hydrogen (secondary N) is 2. The molecule has 1 aliphatic carbocycles. The van der Waals surface area contributed by atoms with Gasteiger partial charge in [0.2, 0.25) is 5.92 Å². The van der Waals surface area contributed by atoms with Gasteiger partial charge in [0.15, 0.2) is 0 Å². The fourth-order valence-electron chi connectivity index (χ4n) is 3.39. The minimum Gasteiger partial charge on any atom is -0.381 e. The highest BCUT2D eigenvalue weighted by atomic mass is 19.3. The molecule has 2 N–H and O–H groups in total. The van der Waals surface area contributed by atoms with Crippen LogP contribution in [-0.2, 0) is 4.74 Å². The Balaban J connectivity index is 1.68. The average molecular weight is 318 g/mol. The molecule has 128 valence electrons. The summed E-state index contributed by atoms with van der Waals surface area (Å²) in [5, 5.41) is 5.82. The van der Waals surface area contributed by atoms with E-state index in [0.29, 0.717) is 31.2 Å². The molecule has 0 aromatic heterocycles. The molecule has 1 saturated heterocycles. The molecule has 1 aliphatic heterocycles. The van der Waals surface area contributed by atoms with Crippen molar-refractivity contribution in [2.24, 2.45) is 17.8 Å². The molecule has 22 heavy (non-hydrogen) atoms. The van der Waals surface area contributed by atoms with Gasteiger partial charge in [-0.1, -0.05) is 6.92 Å². The summed E-state index contributed by atoms with van der Waals surface area (Å²) in [5.41, 5.74) is 0. The standard InChI is InChI=1S/C16H28F2N2O2/c1-11-10-22-8-5-14(11)9-19-15(21)20-12(2)13-3-6-16(17,18)7-4-13/h11-14H,3-10H2,1-2H3,(H2,19,20,21). The van der Waals surface area contributed by atoms with E-state index in [1.54, 1.807) is 0 Å². The second-order valence-electron chi connectivity index (χ2n) is 6.94. The summed E-state index contributed by atoms with van der Waals surface area (Å²) >= 11 is 0. The van der Waals surface area contributed by atoms with Gasteiger partial charge in [0, 0.05) is 38.6 Å². The van der Waals surface area contributed by atoms with Gasteiger partial charge in [-0.15, -0.1) is 0 Å². The van der Waals surface area contributed by atoms with Crippen molar-refractivity contribution in [2.75, 3.05) is 19.8 Å². The second kappa shape index (κ2) is 7.57. The van der Waals surface area contributed by atoms with E-state index in [1.807, 2.05) is 6.92 Å². The van der Waals surface area contributed by atoms with E-state index in [1.165, 1.54) is 0 Å². The highest BCUT2D eigenvalue weighted by molar-refractivity contribution is 5.74. The SMILES string of the molecule is CC1COCCC1CNC(=O)NC(C)C1CCC(F)(F)CC1. The van der Waals surface area contributed by atoms with Crippen LogP contribution in [0.25, 0.3) is 0 Å². The quantitative estimate of drug-likeness (QED) is 0.836. The molecule has 3 unspecified atom stereocenters. The summed E-state index contributed by atoms with van der Waals surface area (Å²) in [5.74, 6) is -1.47. The number of amides is 2. The fourth-order valence-corrected chi connectivity index (χ4v) is 3.39. The van der Waals surface area contributed by atoms with Crippen LogP contribution in [0.2, 0.25) is 0 Å². The first-order valence-corrected chi connectivity index (χ1v) is 8.37. The van der Waals surface area contributed by atoms with Gasteiger partial charge in [0.05, 0.1) is 0 Å². The van der Waals surface area contributed by atoms with Crippen LogP contribution in [0.4, 0.5) is 13.6 Å². The summed E-state index contributed by atoms with van der Waals surface area (Å²) < 4.78 is 31.7. The Morgan fingerprint density at radius 2 is 2.00 bits per heavy atom. The smallest absolute Gasteiger partial charge is 0.315 e. The number of carbonyl (C=O) groups is 1. The molecule has 0 bridgehead atoms. The van der Waals surface area contributed by atoms with Gasteiger partial charge in [-0.05, 0) is 43.9 Å². The molecule has 0 aromatic rings. The average Bonchev–Trinajstić information content (AvgIpc) is 2.46. The predicted molar refractivity (Wildman–Crippen MR) is 81.0 cm³/mol. The zero-order chi connectivity index (χ0) is 16.2. The highest BCUT2D eigenvalue weighted by Crippen LogP contribution is 2.37. The first-order valence-electron chi connectivity index (χ1n) is 8.37. The van der Waals surface area contributed by atoms with E-state index in [2.05, 4.69) is 17.6 Å². The number of urea groups is 1. The molecule has 2 fully saturated rings. The molecule has 4 nitrogen and oxygen atoms in total. The van der Waals surface area contributed by atoms with Gasteiger partial charge in [-0.3, -0.25) is 0 Å². The Labute approximate surface area is 131 Å². The van der Waals surface area contributed by atoms with E-state index in [4.69, 9.17) is 4.74 Å². The lowest BCUT2D eigenvalue weighted by molar-refractivity contribution is -0.0484. The largest absolute Gasteiger partial charge is 0.381 e. The first-order chi connectivity index (χ1) is 10.4. The van der Waals surface area contributed by atoms with E-state index in [9.17, 15) is 13.6 Å². The molecule has 2 amide bonds. The molecule has 2 rings (SSSR count). The fraction of sp³-hybridized carbons (Fsp3) is 0.938. The zero-order valence-corrected chi connectivity index (χ0v) is 13.5. The third kappa shape index (κ3) is 5.07. The molecule has 6 heteroatoms. The minimum absolute atomic E-state index is 0.0646. The molecule has 0 radical (unpaired) electrons. The van der Waals surface area contributed by atoms with Crippen molar-refractivity contribution < 1.29 is 18.3 Å². The van der Waals surface area contributed by atoms with Gasteiger partial charge in [-0.25, -0.2) is 13.6 Å². The van der Waals surface area contributed by atoms with Gasteiger partial charge in [0.1, 0.15) is 0 Å². The molecule has 1 saturated carbocycles. The van der Waals surface area contributed by atoms with Crippen molar-refractivity contribution in [3.05, 3.63) is 0 Å². The normalized spacial score (nSPS) is 30.5. The van der Waals surface area contributed by atoms with Crippen molar-refractivity contribution in [3.63, 3.8) is 0 Å². The van der Waals surface area contributed by atoms with Gasteiger partial charge >= 0.3 is 6.03 Å². The first kappa shape index (κ1) is 17.4. The van der Waals surface area contributed by atoms with Crippen molar-refractivity contribution in [1.29, 1.82) is 0 Å². The van der Waals surface area contributed by atoms with Crippen LogP contribution < -0.4 is 10.6 Å². The summed E-state index contributed by atoms with van der Waals surface area (Å²) in [6.07, 6.45) is 1.79. The lowest BCUT2D eigenvalue weighted by Crippen LogP contribution is -2.47. The Hall–Kier alpha value is -0.910. The number of alkyl halides is 2. The van der Waals surface area contributed by atoms with E-state index < -0.39 is 5.92 Å². The number of carbonyl (C=O) groups excluding carboxylic acids is 1. The third-order valence-corrected chi connectivity index (χ3v) is 5.17. The lowest BCUT2D eigenvalue weighted by atomic mass is 9.82. The van der Waals surface area contributed by atoms with Gasteiger partial charge in [-0.2, -0.15) is 0 Å².